The maximum atomic E-state index is 12.3. The minimum Gasteiger partial charge on any atom is -0.482 e. The number of carbonyl (C=O) groups is 2. The molecule has 0 fully saturated rings. The monoisotopic (exact) mass is 418 g/mol. The lowest BCUT2D eigenvalue weighted by Gasteiger charge is -2.29. The zero-order valence-electron chi connectivity index (χ0n) is 14.3. The van der Waals surface area contributed by atoms with Crippen LogP contribution in [0.4, 0.5) is 5.69 Å². The summed E-state index contributed by atoms with van der Waals surface area (Å²) in [5.74, 6) is 0.120. The standard InChI is InChI=1S/C19H19BrN2O4/c1-25-11-14-4-2-13(3-5-14)9-21-18(23)10-22-16-7-6-15(20)8-17(16)26-12-19(22)24/h2-8H,9-12H2,1H3,(H,21,23). The van der Waals surface area contributed by atoms with Gasteiger partial charge in [0.25, 0.3) is 5.91 Å². The number of amides is 2. The number of hydrogen-bond acceptors (Lipinski definition) is 4. The average molecular weight is 419 g/mol. The van der Waals surface area contributed by atoms with Crippen molar-refractivity contribution in [2.45, 2.75) is 13.2 Å². The van der Waals surface area contributed by atoms with Gasteiger partial charge >= 0.3 is 0 Å². The highest BCUT2D eigenvalue weighted by molar-refractivity contribution is 9.10. The van der Waals surface area contributed by atoms with Crippen LogP contribution in [0.1, 0.15) is 11.1 Å². The highest BCUT2D eigenvalue weighted by atomic mass is 79.9. The van der Waals surface area contributed by atoms with Gasteiger partial charge < -0.3 is 14.8 Å². The van der Waals surface area contributed by atoms with Crippen LogP contribution in [-0.4, -0.2) is 32.1 Å². The van der Waals surface area contributed by atoms with Crippen LogP contribution >= 0.6 is 15.9 Å². The van der Waals surface area contributed by atoms with Gasteiger partial charge in [0, 0.05) is 18.1 Å². The summed E-state index contributed by atoms with van der Waals surface area (Å²) in [5.41, 5.74) is 2.66. The van der Waals surface area contributed by atoms with Crippen LogP contribution in [-0.2, 0) is 27.5 Å². The van der Waals surface area contributed by atoms with Crippen molar-refractivity contribution < 1.29 is 19.1 Å². The Kier molecular flexibility index (Phi) is 5.90. The van der Waals surface area contributed by atoms with Gasteiger partial charge in [-0.15, -0.1) is 0 Å². The molecule has 0 saturated carbocycles. The maximum Gasteiger partial charge on any atom is 0.265 e. The van der Waals surface area contributed by atoms with E-state index in [0.717, 1.165) is 15.6 Å². The van der Waals surface area contributed by atoms with Gasteiger partial charge in [-0.25, -0.2) is 0 Å². The fourth-order valence-corrected chi connectivity index (χ4v) is 3.01. The first-order chi connectivity index (χ1) is 12.6. The minimum atomic E-state index is -0.237. The molecule has 1 aliphatic heterocycles. The number of benzene rings is 2. The number of carbonyl (C=O) groups excluding carboxylic acids is 2. The Morgan fingerprint density at radius 2 is 1.96 bits per heavy atom. The van der Waals surface area contributed by atoms with Gasteiger partial charge in [-0.05, 0) is 29.3 Å². The van der Waals surface area contributed by atoms with Gasteiger partial charge in [0.15, 0.2) is 6.61 Å². The van der Waals surface area contributed by atoms with Gasteiger partial charge in [0.05, 0.1) is 12.3 Å². The Bertz CT molecular complexity index is 808. The molecular weight excluding hydrogens is 400 g/mol. The van der Waals surface area contributed by atoms with Crippen molar-refractivity contribution in [1.29, 1.82) is 0 Å². The third-order valence-electron chi connectivity index (χ3n) is 3.99. The van der Waals surface area contributed by atoms with Crippen molar-refractivity contribution >= 4 is 33.4 Å². The van der Waals surface area contributed by atoms with Crippen molar-refractivity contribution in [3.8, 4) is 5.75 Å². The van der Waals surface area contributed by atoms with Crippen molar-refractivity contribution in [3.05, 3.63) is 58.1 Å². The van der Waals surface area contributed by atoms with Crippen LogP contribution in [0.3, 0.4) is 0 Å². The third-order valence-corrected chi connectivity index (χ3v) is 4.48. The van der Waals surface area contributed by atoms with E-state index in [4.69, 9.17) is 9.47 Å². The van der Waals surface area contributed by atoms with E-state index in [1.807, 2.05) is 30.3 Å². The number of methoxy groups -OCH3 is 1. The number of fused-ring (bicyclic) bond motifs is 1. The molecule has 3 rings (SSSR count). The molecule has 1 aliphatic rings. The van der Waals surface area contributed by atoms with Crippen LogP contribution in [0.25, 0.3) is 0 Å². The van der Waals surface area contributed by atoms with Crippen molar-refractivity contribution in [3.63, 3.8) is 0 Å². The van der Waals surface area contributed by atoms with E-state index >= 15 is 0 Å². The highest BCUT2D eigenvalue weighted by Gasteiger charge is 2.27. The summed E-state index contributed by atoms with van der Waals surface area (Å²) in [6.07, 6.45) is 0. The maximum absolute atomic E-state index is 12.3. The Labute approximate surface area is 160 Å². The lowest BCUT2D eigenvalue weighted by molar-refractivity contribution is -0.125. The van der Waals surface area contributed by atoms with E-state index in [-0.39, 0.29) is 25.0 Å². The number of nitrogens with one attached hydrogen (secondary N) is 1. The fraction of sp³-hybridized carbons (Fsp3) is 0.263. The number of ether oxygens (including phenoxy) is 2. The van der Waals surface area contributed by atoms with E-state index in [1.165, 1.54) is 4.90 Å². The van der Waals surface area contributed by atoms with Crippen LogP contribution in [0.15, 0.2) is 46.9 Å². The first kappa shape index (κ1) is 18.4. The van der Waals surface area contributed by atoms with Gasteiger partial charge in [-0.3, -0.25) is 14.5 Å². The molecule has 0 radical (unpaired) electrons. The molecule has 7 heteroatoms. The second-order valence-electron chi connectivity index (χ2n) is 5.91. The minimum absolute atomic E-state index is 0.0431. The first-order valence-corrected chi connectivity index (χ1v) is 8.92. The fourth-order valence-electron chi connectivity index (χ4n) is 2.67. The second kappa shape index (κ2) is 8.33. The van der Waals surface area contributed by atoms with Crippen LogP contribution in [0.5, 0.6) is 5.75 Å². The molecular formula is C19H19BrN2O4. The summed E-state index contributed by atoms with van der Waals surface area (Å²) in [4.78, 5) is 25.9. The molecule has 0 bridgehead atoms. The van der Waals surface area contributed by atoms with Gasteiger partial charge in [-0.2, -0.15) is 0 Å². The number of halogens is 1. The van der Waals surface area contributed by atoms with Gasteiger partial charge in [0.1, 0.15) is 12.3 Å². The van der Waals surface area contributed by atoms with E-state index in [1.54, 1.807) is 19.2 Å². The Morgan fingerprint density at radius 1 is 1.23 bits per heavy atom. The molecule has 26 heavy (non-hydrogen) atoms. The van der Waals surface area contributed by atoms with Crippen LogP contribution in [0, 0.1) is 0 Å². The molecule has 0 saturated heterocycles. The lowest BCUT2D eigenvalue weighted by Crippen LogP contribution is -2.45. The summed E-state index contributed by atoms with van der Waals surface area (Å²) >= 11 is 3.37. The van der Waals surface area contributed by atoms with Crippen molar-refractivity contribution in [2.75, 3.05) is 25.2 Å². The predicted molar refractivity (Wildman–Crippen MR) is 101 cm³/mol. The van der Waals surface area contributed by atoms with Crippen molar-refractivity contribution in [2.24, 2.45) is 0 Å². The van der Waals surface area contributed by atoms with E-state index in [9.17, 15) is 9.59 Å². The predicted octanol–water partition coefficient (Wildman–Crippen LogP) is 2.64. The van der Waals surface area contributed by atoms with E-state index in [2.05, 4.69) is 21.2 Å². The molecule has 2 aromatic carbocycles. The molecule has 0 aliphatic carbocycles. The largest absolute Gasteiger partial charge is 0.482 e. The van der Waals surface area contributed by atoms with Crippen LogP contribution in [0.2, 0.25) is 0 Å². The van der Waals surface area contributed by atoms with Gasteiger partial charge in [-0.1, -0.05) is 40.2 Å². The normalized spacial score (nSPS) is 13.2. The Morgan fingerprint density at radius 3 is 2.69 bits per heavy atom. The molecule has 0 unspecified atom stereocenters. The topological polar surface area (TPSA) is 67.9 Å². The second-order valence-corrected chi connectivity index (χ2v) is 6.82. The summed E-state index contributed by atoms with van der Waals surface area (Å²) in [6.45, 7) is 0.843. The number of anilines is 1. The molecule has 0 atom stereocenters. The number of hydrogen-bond donors (Lipinski definition) is 1. The highest BCUT2D eigenvalue weighted by Crippen LogP contribution is 2.34. The molecule has 6 nitrogen and oxygen atoms in total. The molecule has 2 amide bonds. The SMILES string of the molecule is COCc1ccc(CNC(=O)CN2C(=O)COc3cc(Br)ccc32)cc1. The summed E-state index contributed by atoms with van der Waals surface area (Å²) in [7, 11) is 1.65. The van der Waals surface area contributed by atoms with Crippen LogP contribution < -0.4 is 15.0 Å². The number of nitrogens with zero attached hydrogens (tertiary/aromatic N) is 1. The smallest absolute Gasteiger partial charge is 0.265 e. The molecule has 1 heterocycles. The third kappa shape index (κ3) is 4.42. The lowest BCUT2D eigenvalue weighted by atomic mass is 10.1. The summed E-state index contributed by atoms with van der Waals surface area (Å²) in [6, 6.07) is 13.2. The summed E-state index contributed by atoms with van der Waals surface area (Å²) in [5, 5.41) is 2.85. The quantitative estimate of drug-likeness (QED) is 0.782. The van der Waals surface area contributed by atoms with Gasteiger partial charge in [0.2, 0.25) is 5.91 Å². The Hall–Kier alpha value is -2.38. The van der Waals surface area contributed by atoms with Crippen molar-refractivity contribution in [1.82, 2.24) is 5.32 Å². The van der Waals surface area contributed by atoms with E-state index in [0.29, 0.717) is 24.6 Å². The zero-order valence-corrected chi connectivity index (χ0v) is 15.9. The number of rotatable bonds is 6. The summed E-state index contributed by atoms with van der Waals surface area (Å²) < 4.78 is 11.4. The molecule has 1 N–H and O–H groups in total. The Balaban J connectivity index is 1.60. The molecule has 0 spiro atoms. The zero-order chi connectivity index (χ0) is 18.5. The van der Waals surface area contributed by atoms with E-state index < -0.39 is 0 Å². The molecule has 2 aromatic rings. The first-order valence-electron chi connectivity index (χ1n) is 8.13. The molecule has 0 aromatic heterocycles. The average Bonchev–Trinajstić information content (AvgIpc) is 2.64. The molecule has 136 valence electrons.